The number of amides is 1. The van der Waals surface area contributed by atoms with Crippen LogP contribution in [0.3, 0.4) is 0 Å². The van der Waals surface area contributed by atoms with Crippen molar-refractivity contribution < 1.29 is 4.79 Å². The second-order valence-corrected chi connectivity index (χ2v) is 9.67. The van der Waals surface area contributed by atoms with Crippen LogP contribution in [0.4, 0.5) is 0 Å². The van der Waals surface area contributed by atoms with Crippen LogP contribution >= 0.6 is 11.6 Å². The third-order valence-corrected chi connectivity index (χ3v) is 6.94. The summed E-state index contributed by atoms with van der Waals surface area (Å²) < 4.78 is 4.16. The summed E-state index contributed by atoms with van der Waals surface area (Å²) in [5, 5.41) is 3.64. The number of imidazole rings is 2. The van der Waals surface area contributed by atoms with E-state index in [1.807, 2.05) is 16.7 Å². The molecule has 1 atom stereocenters. The Labute approximate surface area is 201 Å². The lowest BCUT2D eigenvalue weighted by Crippen LogP contribution is -2.51. The van der Waals surface area contributed by atoms with Crippen LogP contribution in [0.25, 0.3) is 27.8 Å². The molecule has 170 valence electrons. The third-order valence-electron chi connectivity index (χ3n) is 6.63. The summed E-state index contributed by atoms with van der Waals surface area (Å²) in [4.78, 5) is 26.6. The Hall–Kier alpha value is -3.71. The molecular formula is C26H23ClN6O. The summed E-state index contributed by atoms with van der Waals surface area (Å²) >= 11 is 6.59. The van der Waals surface area contributed by atoms with E-state index in [2.05, 4.69) is 51.9 Å². The molecule has 7 nitrogen and oxygen atoms in total. The molecule has 2 aromatic carbocycles. The minimum Gasteiger partial charge on any atom is -0.345 e. The molecule has 0 radical (unpaired) electrons. The molecule has 0 saturated heterocycles. The maximum absolute atomic E-state index is 13.3. The van der Waals surface area contributed by atoms with E-state index < -0.39 is 5.54 Å². The summed E-state index contributed by atoms with van der Waals surface area (Å²) in [6.07, 6.45) is 6.79. The third kappa shape index (κ3) is 3.44. The minimum absolute atomic E-state index is 0.178. The summed E-state index contributed by atoms with van der Waals surface area (Å²) in [6, 6.07) is 13.7. The largest absolute Gasteiger partial charge is 0.345 e. The van der Waals surface area contributed by atoms with Gasteiger partial charge >= 0.3 is 0 Å². The summed E-state index contributed by atoms with van der Waals surface area (Å²) in [5.74, 6) is 0.889. The van der Waals surface area contributed by atoms with Gasteiger partial charge in [0.1, 0.15) is 17.7 Å². The predicted octanol–water partition coefficient (Wildman–Crippen LogP) is 4.87. The Morgan fingerprint density at radius 1 is 1.12 bits per heavy atom. The van der Waals surface area contributed by atoms with Crippen molar-refractivity contribution in [3.63, 3.8) is 0 Å². The average molecular weight is 471 g/mol. The van der Waals surface area contributed by atoms with E-state index in [0.29, 0.717) is 17.1 Å². The van der Waals surface area contributed by atoms with Crippen LogP contribution in [0.15, 0.2) is 61.2 Å². The molecule has 1 aliphatic heterocycles. The molecule has 34 heavy (non-hydrogen) atoms. The molecule has 0 bridgehead atoms. The predicted molar refractivity (Wildman–Crippen MR) is 133 cm³/mol. The number of fused-ring (bicyclic) bond motifs is 4. The number of aryl methyl sites for hydroxylation is 2. The minimum atomic E-state index is -0.405. The van der Waals surface area contributed by atoms with Crippen LogP contribution < -0.4 is 5.32 Å². The highest BCUT2D eigenvalue weighted by Gasteiger charge is 2.33. The molecule has 0 fully saturated rings. The normalized spacial score (nSPS) is 17.7. The first-order valence-corrected chi connectivity index (χ1v) is 11.6. The fourth-order valence-electron chi connectivity index (χ4n) is 4.82. The smallest absolute Gasteiger partial charge is 0.253 e. The van der Waals surface area contributed by atoms with Gasteiger partial charge in [-0.3, -0.25) is 14.3 Å². The van der Waals surface area contributed by atoms with Crippen molar-refractivity contribution in [3.8, 4) is 5.69 Å². The zero-order chi connectivity index (χ0) is 23.4. The Balaban J connectivity index is 1.26. The van der Waals surface area contributed by atoms with Gasteiger partial charge in [0.2, 0.25) is 0 Å². The quantitative estimate of drug-likeness (QED) is 0.408. The van der Waals surface area contributed by atoms with Crippen LogP contribution in [0.2, 0.25) is 5.02 Å². The molecule has 1 N–H and O–H groups in total. The SMILES string of the molecule is Cc1ccc2c(c1)nc1n2C[C@](C)(NC(=O)c2ccc(-n3cnc4cnccc43)cc2Cl)CC1. The van der Waals surface area contributed by atoms with Crippen LogP contribution in [-0.2, 0) is 13.0 Å². The van der Waals surface area contributed by atoms with E-state index in [0.717, 1.165) is 46.4 Å². The molecular weight excluding hydrogens is 448 g/mol. The number of carbonyl (C=O) groups excluding carboxylic acids is 1. The van der Waals surface area contributed by atoms with E-state index in [1.165, 1.54) is 5.56 Å². The lowest BCUT2D eigenvalue weighted by atomic mass is 9.91. The second kappa shape index (κ2) is 7.67. The lowest BCUT2D eigenvalue weighted by Gasteiger charge is -2.35. The monoisotopic (exact) mass is 470 g/mol. The molecule has 8 heteroatoms. The Bertz CT molecular complexity index is 1590. The lowest BCUT2D eigenvalue weighted by molar-refractivity contribution is 0.0883. The highest BCUT2D eigenvalue weighted by Crippen LogP contribution is 2.30. The van der Waals surface area contributed by atoms with Crippen LogP contribution in [0, 0.1) is 6.92 Å². The topological polar surface area (TPSA) is 77.6 Å². The number of carbonyl (C=O) groups is 1. The van der Waals surface area contributed by atoms with Gasteiger partial charge in [-0.2, -0.15) is 0 Å². The summed E-state index contributed by atoms with van der Waals surface area (Å²) in [7, 11) is 0. The van der Waals surface area contributed by atoms with Crippen molar-refractivity contribution in [2.75, 3.05) is 0 Å². The first-order chi connectivity index (χ1) is 16.4. The number of rotatable bonds is 3. The van der Waals surface area contributed by atoms with Crippen LogP contribution in [-0.4, -0.2) is 35.5 Å². The number of hydrogen-bond acceptors (Lipinski definition) is 4. The van der Waals surface area contributed by atoms with Gasteiger partial charge in [-0.15, -0.1) is 0 Å². The standard InChI is InChI=1S/C26H23ClN6O/c1-16-3-6-22-20(11-16)30-24-7-9-26(2,14-32(22)24)31-25(34)18-5-4-17(12-19(18)27)33-15-29-21-13-28-10-8-23(21)33/h3-6,8,10-13,15H,7,9,14H2,1-2H3,(H,31,34)/t26-/m1/s1. The van der Waals surface area contributed by atoms with Crippen molar-refractivity contribution in [1.29, 1.82) is 0 Å². The van der Waals surface area contributed by atoms with Gasteiger partial charge in [-0.05, 0) is 62.2 Å². The van der Waals surface area contributed by atoms with Crippen molar-refractivity contribution in [1.82, 2.24) is 29.4 Å². The van der Waals surface area contributed by atoms with Crippen molar-refractivity contribution >= 4 is 39.6 Å². The average Bonchev–Trinajstić information content (AvgIpc) is 3.39. The van der Waals surface area contributed by atoms with Crippen molar-refractivity contribution in [2.24, 2.45) is 0 Å². The van der Waals surface area contributed by atoms with E-state index >= 15 is 0 Å². The van der Waals surface area contributed by atoms with Gasteiger partial charge in [0, 0.05) is 24.8 Å². The summed E-state index contributed by atoms with van der Waals surface area (Å²) in [6.45, 7) is 4.82. The van der Waals surface area contributed by atoms with Gasteiger partial charge < -0.3 is 9.88 Å². The molecule has 1 aliphatic rings. The molecule has 1 amide bonds. The number of nitrogens with one attached hydrogen (secondary N) is 1. The number of hydrogen-bond donors (Lipinski definition) is 1. The molecule has 0 spiro atoms. The highest BCUT2D eigenvalue weighted by molar-refractivity contribution is 6.34. The van der Waals surface area contributed by atoms with Gasteiger partial charge in [0.15, 0.2) is 0 Å². The van der Waals surface area contributed by atoms with Crippen molar-refractivity contribution in [3.05, 3.63) is 83.2 Å². The molecule has 4 heterocycles. The fraction of sp³-hybridized carbons (Fsp3) is 0.231. The summed E-state index contributed by atoms with van der Waals surface area (Å²) in [5.41, 5.74) is 5.91. The first kappa shape index (κ1) is 20.9. The van der Waals surface area contributed by atoms with E-state index in [4.69, 9.17) is 16.6 Å². The number of nitrogens with zero attached hydrogens (tertiary/aromatic N) is 5. The zero-order valence-corrected chi connectivity index (χ0v) is 19.7. The van der Waals surface area contributed by atoms with Gasteiger partial charge in [0.25, 0.3) is 5.91 Å². The number of benzene rings is 2. The maximum atomic E-state index is 13.3. The molecule has 0 aliphatic carbocycles. The highest BCUT2D eigenvalue weighted by atomic mass is 35.5. The Morgan fingerprint density at radius 2 is 2.00 bits per heavy atom. The molecule has 6 rings (SSSR count). The molecule has 0 saturated carbocycles. The van der Waals surface area contributed by atoms with E-state index in [1.54, 1.807) is 30.9 Å². The first-order valence-electron chi connectivity index (χ1n) is 11.3. The van der Waals surface area contributed by atoms with Gasteiger partial charge in [-0.25, -0.2) is 9.97 Å². The molecule has 5 aromatic rings. The Kier molecular flexibility index (Phi) is 4.71. The Morgan fingerprint density at radius 3 is 2.85 bits per heavy atom. The van der Waals surface area contributed by atoms with Crippen molar-refractivity contribution in [2.45, 2.75) is 38.8 Å². The number of aromatic nitrogens is 5. The van der Waals surface area contributed by atoms with Crippen LogP contribution in [0.5, 0.6) is 0 Å². The second-order valence-electron chi connectivity index (χ2n) is 9.26. The number of halogens is 1. The van der Waals surface area contributed by atoms with Gasteiger partial charge in [0.05, 0.1) is 38.9 Å². The zero-order valence-electron chi connectivity index (χ0n) is 18.9. The maximum Gasteiger partial charge on any atom is 0.253 e. The molecule has 0 unspecified atom stereocenters. The number of pyridine rings is 1. The molecule has 3 aromatic heterocycles. The van der Waals surface area contributed by atoms with Gasteiger partial charge in [-0.1, -0.05) is 17.7 Å². The van der Waals surface area contributed by atoms with Crippen LogP contribution in [0.1, 0.15) is 35.1 Å². The van der Waals surface area contributed by atoms with E-state index in [-0.39, 0.29) is 5.91 Å². The fourth-order valence-corrected chi connectivity index (χ4v) is 5.08. The van der Waals surface area contributed by atoms with E-state index in [9.17, 15) is 4.79 Å².